The molecule has 0 aromatic heterocycles. The number of nitrogens with one attached hydrogen (secondary N) is 1. The third-order valence-electron chi connectivity index (χ3n) is 2.47. The summed E-state index contributed by atoms with van der Waals surface area (Å²) in [5.74, 6) is -1.19. The zero-order valence-electron chi connectivity index (χ0n) is 11.3. The van der Waals surface area contributed by atoms with Crippen LogP contribution in [0.15, 0.2) is 35.5 Å². The minimum atomic E-state index is -0.653. The van der Waals surface area contributed by atoms with Crippen molar-refractivity contribution in [2.45, 2.75) is 13.8 Å². The van der Waals surface area contributed by atoms with E-state index in [9.17, 15) is 19.7 Å². The maximum Gasteiger partial charge on any atom is 0.354 e. The molecule has 1 aromatic rings. The molecule has 1 rings (SSSR count). The van der Waals surface area contributed by atoms with E-state index in [0.717, 1.165) is 0 Å². The van der Waals surface area contributed by atoms with E-state index in [1.807, 2.05) is 0 Å². The topological polar surface area (TPSA) is 98.5 Å². The van der Waals surface area contributed by atoms with Gasteiger partial charge in [0.1, 0.15) is 5.70 Å². The fraction of sp³-hybridized carbons (Fsp3) is 0.231. The van der Waals surface area contributed by atoms with Crippen LogP contribution in [0.5, 0.6) is 0 Å². The maximum absolute atomic E-state index is 11.9. The van der Waals surface area contributed by atoms with Gasteiger partial charge >= 0.3 is 5.97 Å². The molecule has 0 aliphatic carbocycles. The van der Waals surface area contributed by atoms with Gasteiger partial charge in [0.25, 0.3) is 11.6 Å². The Morgan fingerprint density at radius 1 is 1.20 bits per heavy atom. The summed E-state index contributed by atoms with van der Waals surface area (Å²) >= 11 is 0. The summed E-state index contributed by atoms with van der Waals surface area (Å²) in [6.07, 6.45) is 0. The summed E-state index contributed by atoms with van der Waals surface area (Å²) in [6.45, 7) is 3.31. The van der Waals surface area contributed by atoms with Crippen molar-refractivity contribution >= 4 is 17.6 Å². The number of nitrogens with zero attached hydrogens (tertiary/aromatic N) is 1. The number of carbonyl (C=O) groups is 2. The molecule has 20 heavy (non-hydrogen) atoms. The van der Waals surface area contributed by atoms with Crippen molar-refractivity contribution in [3.05, 3.63) is 51.2 Å². The second kappa shape index (κ2) is 6.46. The van der Waals surface area contributed by atoms with Crippen molar-refractivity contribution in [3.63, 3.8) is 0 Å². The van der Waals surface area contributed by atoms with Gasteiger partial charge in [-0.15, -0.1) is 0 Å². The van der Waals surface area contributed by atoms with Crippen LogP contribution < -0.4 is 5.32 Å². The van der Waals surface area contributed by atoms with E-state index in [1.54, 1.807) is 13.8 Å². The third kappa shape index (κ3) is 3.64. The summed E-state index contributed by atoms with van der Waals surface area (Å²) in [6, 6.07) is 5.06. The molecule has 106 valence electrons. The first-order valence-electron chi connectivity index (χ1n) is 5.68. The van der Waals surface area contributed by atoms with Gasteiger partial charge in [-0.25, -0.2) is 4.79 Å². The van der Waals surface area contributed by atoms with Gasteiger partial charge in [0, 0.05) is 17.7 Å². The Kier molecular flexibility index (Phi) is 4.96. The number of amides is 1. The number of rotatable bonds is 4. The Balaban J connectivity index is 2.93. The fourth-order valence-electron chi connectivity index (χ4n) is 1.40. The fourth-order valence-corrected chi connectivity index (χ4v) is 1.40. The summed E-state index contributed by atoms with van der Waals surface area (Å²) in [5, 5.41) is 12.9. The molecule has 1 aromatic carbocycles. The molecule has 1 amide bonds. The number of hydrogen-bond acceptors (Lipinski definition) is 5. The number of allylic oxidation sites excluding steroid dienone is 1. The van der Waals surface area contributed by atoms with Crippen LogP contribution in [-0.2, 0) is 9.53 Å². The predicted molar refractivity (Wildman–Crippen MR) is 71.0 cm³/mol. The average Bonchev–Trinajstić information content (AvgIpc) is 2.43. The summed E-state index contributed by atoms with van der Waals surface area (Å²) in [5.41, 5.74) is 0.734. The number of hydrogen-bond donors (Lipinski definition) is 1. The van der Waals surface area contributed by atoms with Gasteiger partial charge < -0.3 is 10.1 Å². The van der Waals surface area contributed by atoms with E-state index < -0.39 is 16.8 Å². The van der Waals surface area contributed by atoms with Crippen molar-refractivity contribution < 1.29 is 19.2 Å². The van der Waals surface area contributed by atoms with Crippen LogP contribution in [-0.4, -0.2) is 23.9 Å². The maximum atomic E-state index is 11.9. The van der Waals surface area contributed by atoms with E-state index in [1.165, 1.54) is 31.4 Å². The lowest BCUT2D eigenvalue weighted by molar-refractivity contribution is -0.384. The van der Waals surface area contributed by atoms with Crippen LogP contribution in [0, 0.1) is 10.1 Å². The molecular weight excluding hydrogens is 264 g/mol. The lowest BCUT2D eigenvalue weighted by atomic mass is 10.2. The zero-order valence-corrected chi connectivity index (χ0v) is 11.3. The van der Waals surface area contributed by atoms with Crippen LogP contribution in [0.2, 0.25) is 0 Å². The molecule has 0 heterocycles. The molecule has 0 fully saturated rings. The van der Waals surface area contributed by atoms with E-state index in [4.69, 9.17) is 0 Å². The Morgan fingerprint density at radius 3 is 2.15 bits per heavy atom. The van der Waals surface area contributed by atoms with Crippen molar-refractivity contribution in [1.82, 2.24) is 5.32 Å². The molecule has 0 atom stereocenters. The molecule has 0 unspecified atom stereocenters. The molecule has 0 bridgehead atoms. The first-order chi connectivity index (χ1) is 9.36. The molecule has 0 radical (unpaired) electrons. The van der Waals surface area contributed by atoms with Crippen LogP contribution >= 0.6 is 0 Å². The number of ether oxygens (including phenoxy) is 1. The molecule has 7 heteroatoms. The van der Waals surface area contributed by atoms with Crippen LogP contribution in [0.3, 0.4) is 0 Å². The Morgan fingerprint density at radius 2 is 1.75 bits per heavy atom. The van der Waals surface area contributed by atoms with Gasteiger partial charge in [-0.2, -0.15) is 0 Å². The first-order valence-corrected chi connectivity index (χ1v) is 5.68. The van der Waals surface area contributed by atoms with Crippen LogP contribution in [0.25, 0.3) is 0 Å². The highest BCUT2D eigenvalue weighted by Gasteiger charge is 2.16. The van der Waals surface area contributed by atoms with E-state index in [2.05, 4.69) is 10.1 Å². The lowest BCUT2D eigenvalue weighted by Crippen LogP contribution is -2.29. The quantitative estimate of drug-likeness (QED) is 0.392. The monoisotopic (exact) mass is 278 g/mol. The number of nitro benzene ring substituents is 1. The highest BCUT2D eigenvalue weighted by atomic mass is 16.6. The van der Waals surface area contributed by atoms with Crippen LogP contribution in [0.4, 0.5) is 5.69 Å². The number of carbonyl (C=O) groups excluding carboxylic acids is 2. The highest BCUT2D eigenvalue weighted by molar-refractivity contribution is 6.01. The predicted octanol–water partition coefficient (Wildman–Crippen LogP) is 1.79. The second-order valence-corrected chi connectivity index (χ2v) is 4.12. The van der Waals surface area contributed by atoms with Gasteiger partial charge in [-0.3, -0.25) is 14.9 Å². The van der Waals surface area contributed by atoms with Gasteiger partial charge in [0.05, 0.1) is 12.0 Å². The van der Waals surface area contributed by atoms with Gasteiger partial charge in [0.15, 0.2) is 0 Å². The molecule has 0 saturated carbocycles. The molecular formula is C13H14N2O5. The number of esters is 1. The number of non-ortho nitro benzene ring substituents is 1. The van der Waals surface area contributed by atoms with Crippen LogP contribution in [0.1, 0.15) is 24.2 Å². The normalized spacial score (nSPS) is 9.55. The number of methoxy groups -OCH3 is 1. The summed E-state index contributed by atoms with van der Waals surface area (Å²) in [4.78, 5) is 33.4. The van der Waals surface area contributed by atoms with Crippen molar-refractivity contribution in [2.24, 2.45) is 0 Å². The Labute approximate surface area is 115 Å². The van der Waals surface area contributed by atoms with E-state index in [-0.39, 0.29) is 16.9 Å². The molecule has 0 aliphatic heterocycles. The summed E-state index contributed by atoms with van der Waals surface area (Å²) < 4.78 is 4.56. The largest absolute Gasteiger partial charge is 0.464 e. The smallest absolute Gasteiger partial charge is 0.354 e. The zero-order chi connectivity index (χ0) is 15.3. The molecule has 1 N–H and O–H groups in total. The minimum Gasteiger partial charge on any atom is -0.464 e. The summed E-state index contributed by atoms with van der Waals surface area (Å²) in [7, 11) is 1.21. The van der Waals surface area contributed by atoms with Gasteiger partial charge in [0.2, 0.25) is 0 Å². The third-order valence-corrected chi connectivity index (χ3v) is 2.47. The van der Waals surface area contributed by atoms with Crippen molar-refractivity contribution in [2.75, 3.05) is 7.11 Å². The lowest BCUT2D eigenvalue weighted by Gasteiger charge is -2.09. The average molecular weight is 278 g/mol. The molecule has 7 nitrogen and oxygen atoms in total. The van der Waals surface area contributed by atoms with Crippen molar-refractivity contribution in [3.8, 4) is 0 Å². The highest BCUT2D eigenvalue weighted by Crippen LogP contribution is 2.12. The second-order valence-electron chi connectivity index (χ2n) is 4.12. The van der Waals surface area contributed by atoms with E-state index >= 15 is 0 Å². The number of benzene rings is 1. The standard InChI is InChI=1S/C13H14N2O5/c1-8(2)11(13(17)20-3)14-12(16)9-4-6-10(7-5-9)15(18)19/h4-7H,1-3H3,(H,14,16). The van der Waals surface area contributed by atoms with Gasteiger partial charge in [-0.1, -0.05) is 0 Å². The molecule has 0 saturated heterocycles. The molecule has 0 aliphatic rings. The van der Waals surface area contributed by atoms with E-state index in [0.29, 0.717) is 5.57 Å². The first kappa shape index (κ1) is 15.4. The minimum absolute atomic E-state index is 0.0517. The Bertz CT molecular complexity index is 571. The Hall–Kier alpha value is -2.70. The number of nitro groups is 1. The van der Waals surface area contributed by atoms with Crippen molar-refractivity contribution in [1.29, 1.82) is 0 Å². The van der Waals surface area contributed by atoms with Gasteiger partial charge in [-0.05, 0) is 31.6 Å². The SMILES string of the molecule is COC(=O)C(NC(=O)c1ccc([N+](=O)[O-])cc1)=C(C)C. The molecule has 0 spiro atoms.